The second-order valence-electron chi connectivity index (χ2n) is 4.80. The van der Waals surface area contributed by atoms with Gasteiger partial charge in [-0.3, -0.25) is 5.43 Å². The molecule has 4 nitrogen and oxygen atoms in total. The van der Waals surface area contributed by atoms with Gasteiger partial charge in [-0.25, -0.2) is 15.2 Å². The summed E-state index contributed by atoms with van der Waals surface area (Å²) in [6, 6.07) is 14.5. The molecule has 1 unspecified atom stereocenters. The summed E-state index contributed by atoms with van der Waals surface area (Å²) in [7, 11) is 0. The Hall–Kier alpha value is -2.40. The van der Waals surface area contributed by atoms with Crippen molar-refractivity contribution in [1.29, 1.82) is 0 Å². The second-order valence-corrected chi connectivity index (χ2v) is 4.80. The number of hydrazine groups is 1. The molecule has 2 aromatic rings. The van der Waals surface area contributed by atoms with Gasteiger partial charge in [-0.1, -0.05) is 30.3 Å². The minimum atomic E-state index is -0.229. The number of nitrogens with zero attached hydrogens (tertiary/aromatic N) is 1. The number of aryl methyl sites for hydroxylation is 1. The van der Waals surface area contributed by atoms with E-state index in [9.17, 15) is 4.39 Å². The van der Waals surface area contributed by atoms with E-state index in [0.717, 1.165) is 11.3 Å². The summed E-state index contributed by atoms with van der Waals surface area (Å²) in [5, 5.41) is 3.08. The third-order valence-corrected chi connectivity index (χ3v) is 3.17. The topological polar surface area (TPSA) is 62.4 Å². The van der Waals surface area contributed by atoms with Crippen molar-refractivity contribution >= 4 is 11.6 Å². The van der Waals surface area contributed by atoms with Crippen molar-refractivity contribution in [1.82, 2.24) is 5.43 Å². The first-order chi connectivity index (χ1) is 10.1. The van der Waals surface area contributed by atoms with Crippen LogP contribution in [0.1, 0.15) is 24.1 Å². The molecule has 0 saturated carbocycles. The molecule has 1 atom stereocenters. The zero-order valence-electron chi connectivity index (χ0n) is 12.1. The maximum absolute atomic E-state index is 13.6. The molecule has 4 N–H and O–H groups in total. The van der Waals surface area contributed by atoms with Crippen LogP contribution < -0.4 is 16.6 Å². The lowest BCUT2D eigenvalue weighted by atomic mass is 10.1. The minimum Gasteiger partial charge on any atom is -0.325 e. The van der Waals surface area contributed by atoms with Crippen LogP contribution >= 0.6 is 0 Å². The third kappa shape index (κ3) is 4.03. The zero-order chi connectivity index (χ0) is 15.2. The molecule has 5 heteroatoms. The number of nitrogens with one attached hydrogen (secondary N) is 2. The highest BCUT2D eigenvalue weighted by Crippen LogP contribution is 2.19. The van der Waals surface area contributed by atoms with Crippen molar-refractivity contribution in [3.63, 3.8) is 0 Å². The maximum atomic E-state index is 13.6. The number of rotatable bonds is 3. The van der Waals surface area contributed by atoms with Gasteiger partial charge < -0.3 is 5.32 Å². The molecule has 0 fully saturated rings. The first-order valence-electron chi connectivity index (χ1n) is 6.72. The van der Waals surface area contributed by atoms with E-state index in [4.69, 9.17) is 5.84 Å². The van der Waals surface area contributed by atoms with Crippen LogP contribution in [-0.2, 0) is 0 Å². The molecular weight excluding hydrogens is 267 g/mol. The normalized spacial score (nSPS) is 12.9. The highest BCUT2D eigenvalue weighted by atomic mass is 19.1. The average Bonchev–Trinajstić information content (AvgIpc) is 2.50. The Morgan fingerprint density at radius 3 is 2.52 bits per heavy atom. The van der Waals surface area contributed by atoms with Crippen LogP contribution in [0.3, 0.4) is 0 Å². The molecule has 0 aliphatic rings. The Bertz CT molecular complexity index is 625. The van der Waals surface area contributed by atoms with Gasteiger partial charge in [0.15, 0.2) is 0 Å². The lowest BCUT2D eigenvalue weighted by Crippen LogP contribution is -2.36. The number of guanidine groups is 1. The average molecular weight is 286 g/mol. The quantitative estimate of drug-likeness (QED) is 0.351. The molecule has 0 amide bonds. The van der Waals surface area contributed by atoms with Gasteiger partial charge in [0.25, 0.3) is 0 Å². The van der Waals surface area contributed by atoms with Gasteiger partial charge in [0, 0.05) is 5.69 Å². The summed E-state index contributed by atoms with van der Waals surface area (Å²) in [4.78, 5) is 4.43. The molecule has 0 heterocycles. The number of benzene rings is 2. The number of anilines is 1. The fraction of sp³-hybridized carbons (Fsp3) is 0.188. The molecule has 21 heavy (non-hydrogen) atoms. The smallest absolute Gasteiger partial charge is 0.210 e. The molecule has 2 aromatic carbocycles. The van der Waals surface area contributed by atoms with E-state index in [-0.39, 0.29) is 11.9 Å². The number of aliphatic imine (C=N–C) groups is 1. The summed E-state index contributed by atoms with van der Waals surface area (Å²) in [6.07, 6.45) is 0. The molecule has 110 valence electrons. The summed E-state index contributed by atoms with van der Waals surface area (Å²) in [5.41, 5.74) is 4.81. The van der Waals surface area contributed by atoms with E-state index in [0.29, 0.717) is 11.5 Å². The van der Waals surface area contributed by atoms with Crippen molar-refractivity contribution in [3.8, 4) is 0 Å². The van der Waals surface area contributed by atoms with E-state index in [1.807, 2.05) is 43.3 Å². The van der Waals surface area contributed by atoms with E-state index in [1.165, 1.54) is 6.07 Å². The molecule has 2 rings (SSSR count). The number of nitrogens with two attached hydrogens (primary N) is 1. The van der Waals surface area contributed by atoms with Gasteiger partial charge in [0.05, 0.1) is 6.04 Å². The Morgan fingerprint density at radius 2 is 1.90 bits per heavy atom. The number of hydrogen-bond acceptors (Lipinski definition) is 2. The first kappa shape index (κ1) is 15.0. The summed E-state index contributed by atoms with van der Waals surface area (Å²) in [5.74, 6) is 5.68. The Labute approximate surface area is 123 Å². The maximum Gasteiger partial charge on any atom is 0.210 e. The lowest BCUT2D eigenvalue weighted by Gasteiger charge is -2.13. The van der Waals surface area contributed by atoms with E-state index in [2.05, 4.69) is 15.7 Å². The lowest BCUT2D eigenvalue weighted by molar-refractivity contribution is 0.613. The van der Waals surface area contributed by atoms with Gasteiger partial charge in [-0.15, -0.1) is 0 Å². The van der Waals surface area contributed by atoms with Gasteiger partial charge >= 0.3 is 0 Å². The Balaban J connectivity index is 2.16. The molecule has 0 bridgehead atoms. The zero-order valence-corrected chi connectivity index (χ0v) is 12.1. The fourth-order valence-corrected chi connectivity index (χ4v) is 1.90. The number of hydrogen-bond donors (Lipinski definition) is 3. The van der Waals surface area contributed by atoms with Crippen molar-refractivity contribution in [2.45, 2.75) is 19.9 Å². The van der Waals surface area contributed by atoms with Crippen LogP contribution in [0, 0.1) is 12.7 Å². The largest absolute Gasteiger partial charge is 0.325 e. The van der Waals surface area contributed by atoms with Crippen molar-refractivity contribution in [3.05, 3.63) is 65.5 Å². The van der Waals surface area contributed by atoms with Crippen LogP contribution in [0.5, 0.6) is 0 Å². The summed E-state index contributed by atoms with van der Waals surface area (Å²) < 4.78 is 13.6. The fourth-order valence-electron chi connectivity index (χ4n) is 1.90. The molecular formula is C16H19FN4. The Morgan fingerprint density at radius 1 is 1.19 bits per heavy atom. The second kappa shape index (κ2) is 6.85. The molecule has 0 radical (unpaired) electrons. The van der Waals surface area contributed by atoms with Crippen LogP contribution in [0.4, 0.5) is 10.1 Å². The summed E-state index contributed by atoms with van der Waals surface area (Å²) in [6.45, 7) is 3.62. The summed E-state index contributed by atoms with van der Waals surface area (Å²) >= 11 is 0. The van der Waals surface area contributed by atoms with Crippen molar-refractivity contribution < 1.29 is 4.39 Å². The van der Waals surface area contributed by atoms with Crippen molar-refractivity contribution in [2.75, 3.05) is 5.32 Å². The molecule has 0 saturated heterocycles. The standard InChI is InChI=1S/C16H19FN4/c1-11-8-9-13(10-15(11)17)12(2)19-16(21-18)20-14-6-4-3-5-7-14/h3-10,12H,18H2,1-2H3,(H2,19,20,21). The van der Waals surface area contributed by atoms with Crippen molar-refractivity contribution in [2.24, 2.45) is 10.8 Å². The molecule has 0 spiro atoms. The number of para-hydroxylation sites is 1. The molecule has 0 aromatic heterocycles. The van der Waals surface area contributed by atoms with Crippen LogP contribution in [0.25, 0.3) is 0 Å². The first-order valence-corrected chi connectivity index (χ1v) is 6.72. The third-order valence-electron chi connectivity index (χ3n) is 3.17. The predicted octanol–water partition coefficient (Wildman–Crippen LogP) is 3.13. The van der Waals surface area contributed by atoms with Gasteiger partial charge in [0.1, 0.15) is 5.82 Å². The highest BCUT2D eigenvalue weighted by molar-refractivity contribution is 5.93. The van der Waals surface area contributed by atoms with E-state index < -0.39 is 0 Å². The van der Waals surface area contributed by atoms with Crippen LogP contribution in [0.2, 0.25) is 0 Å². The Kier molecular flexibility index (Phi) is 4.90. The van der Waals surface area contributed by atoms with E-state index >= 15 is 0 Å². The van der Waals surface area contributed by atoms with Gasteiger partial charge in [-0.2, -0.15) is 0 Å². The minimum absolute atomic E-state index is 0.220. The predicted molar refractivity (Wildman–Crippen MR) is 84.4 cm³/mol. The highest BCUT2D eigenvalue weighted by Gasteiger charge is 2.08. The van der Waals surface area contributed by atoms with Gasteiger partial charge in [0.2, 0.25) is 5.96 Å². The van der Waals surface area contributed by atoms with Crippen LogP contribution in [0.15, 0.2) is 53.5 Å². The SMILES string of the molecule is Cc1ccc(C(C)N=C(NN)Nc2ccccc2)cc1F. The molecule has 0 aliphatic carbocycles. The monoisotopic (exact) mass is 286 g/mol. The number of halogens is 1. The van der Waals surface area contributed by atoms with Crippen LogP contribution in [-0.4, -0.2) is 5.96 Å². The molecule has 0 aliphatic heterocycles. The van der Waals surface area contributed by atoms with Gasteiger partial charge in [-0.05, 0) is 43.2 Å². The van der Waals surface area contributed by atoms with E-state index in [1.54, 1.807) is 13.0 Å².